The largest absolute Gasteiger partial charge is 0.508 e. The maximum atomic E-state index is 12.7. The molecule has 2 aromatic carbocycles. The molecule has 4 aromatic rings. The number of nitrogens with one attached hydrogen (secondary N) is 1. The molecular formula is C19H15N5O3. The SMILES string of the molecule is COc1ccccc1-n1cnc2c(C(=O)Nc3cccc(O)c3)ncnc21. The molecule has 134 valence electrons. The molecule has 0 aliphatic heterocycles. The van der Waals surface area contributed by atoms with E-state index in [2.05, 4.69) is 20.3 Å². The molecule has 0 aliphatic carbocycles. The number of nitrogens with zero attached hydrogens (tertiary/aromatic N) is 4. The van der Waals surface area contributed by atoms with Crippen molar-refractivity contribution in [3.8, 4) is 17.2 Å². The predicted molar refractivity (Wildman–Crippen MR) is 99.3 cm³/mol. The highest BCUT2D eigenvalue weighted by molar-refractivity contribution is 6.09. The summed E-state index contributed by atoms with van der Waals surface area (Å²) in [6.07, 6.45) is 2.88. The Hall–Kier alpha value is -3.94. The zero-order valence-electron chi connectivity index (χ0n) is 14.3. The first kappa shape index (κ1) is 16.5. The lowest BCUT2D eigenvalue weighted by molar-refractivity contribution is 0.102. The number of carbonyl (C=O) groups is 1. The minimum absolute atomic E-state index is 0.0566. The average molecular weight is 361 g/mol. The van der Waals surface area contributed by atoms with Crippen LogP contribution < -0.4 is 10.1 Å². The minimum atomic E-state index is -0.446. The summed E-state index contributed by atoms with van der Waals surface area (Å²) >= 11 is 0. The van der Waals surface area contributed by atoms with E-state index >= 15 is 0 Å². The summed E-state index contributed by atoms with van der Waals surface area (Å²) in [7, 11) is 1.58. The molecule has 2 aromatic heterocycles. The van der Waals surface area contributed by atoms with Gasteiger partial charge in [-0.2, -0.15) is 0 Å². The van der Waals surface area contributed by atoms with Gasteiger partial charge in [0.25, 0.3) is 5.91 Å². The van der Waals surface area contributed by atoms with Gasteiger partial charge in [-0.25, -0.2) is 15.0 Å². The zero-order chi connectivity index (χ0) is 18.8. The van der Waals surface area contributed by atoms with Gasteiger partial charge in [-0.15, -0.1) is 0 Å². The molecule has 0 aliphatic rings. The Bertz CT molecular complexity index is 1140. The maximum Gasteiger partial charge on any atom is 0.276 e. The molecule has 0 saturated carbocycles. The van der Waals surface area contributed by atoms with Crippen molar-refractivity contribution in [3.05, 3.63) is 66.9 Å². The van der Waals surface area contributed by atoms with Gasteiger partial charge in [0.1, 0.15) is 29.7 Å². The molecule has 2 N–H and O–H groups in total. The first-order chi connectivity index (χ1) is 13.2. The summed E-state index contributed by atoms with van der Waals surface area (Å²) < 4.78 is 7.13. The zero-order valence-corrected chi connectivity index (χ0v) is 14.3. The van der Waals surface area contributed by atoms with Gasteiger partial charge in [-0.1, -0.05) is 18.2 Å². The molecule has 0 saturated heterocycles. The fourth-order valence-electron chi connectivity index (χ4n) is 2.78. The summed E-state index contributed by atoms with van der Waals surface area (Å²) in [4.78, 5) is 25.3. The number of phenolic OH excluding ortho intramolecular Hbond substituents is 1. The second-order valence-electron chi connectivity index (χ2n) is 5.69. The molecule has 8 heteroatoms. The van der Waals surface area contributed by atoms with E-state index in [0.717, 1.165) is 5.69 Å². The Morgan fingerprint density at radius 1 is 1.11 bits per heavy atom. The second-order valence-corrected chi connectivity index (χ2v) is 5.69. The summed E-state index contributed by atoms with van der Waals surface area (Å²) in [6.45, 7) is 0. The third-order valence-electron chi connectivity index (χ3n) is 4.00. The number of aromatic nitrogens is 4. The Labute approximate surface area is 154 Å². The van der Waals surface area contributed by atoms with Gasteiger partial charge in [0.05, 0.1) is 12.8 Å². The van der Waals surface area contributed by atoms with Crippen LogP contribution in [0.4, 0.5) is 5.69 Å². The second kappa shape index (κ2) is 6.75. The van der Waals surface area contributed by atoms with Gasteiger partial charge < -0.3 is 15.2 Å². The predicted octanol–water partition coefficient (Wildman–Crippen LogP) is 2.78. The van der Waals surface area contributed by atoms with E-state index in [0.29, 0.717) is 22.6 Å². The van der Waals surface area contributed by atoms with Crippen LogP contribution in [0.5, 0.6) is 11.5 Å². The van der Waals surface area contributed by atoms with Crippen molar-refractivity contribution in [2.75, 3.05) is 12.4 Å². The number of carbonyl (C=O) groups excluding carboxylic acids is 1. The van der Waals surface area contributed by atoms with E-state index in [4.69, 9.17) is 4.74 Å². The van der Waals surface area contributed by atoms with Crippen LogP contribution in [0.2, 0.25) is 0 Å². The number of fused-ring (bicyclic) bond motifs is 1. The first-order valence-corrected chi connectivity index (χ1v) is 8.09. The van der Waals surface area contributed by atoms with Crippen LogP contribution >= 0.6 is 0 Å². The number of rotatable bonds is 4. The highest BCUT2D eigenvalue weighted by Crippen LogP contribution is 2.26. The molecule has 0 fully saturated rings. The Morgan fingerprint density at radius 3 is 2.78 bits per heavy atom. The number of hydrogen-bond donors (Lipinski definition) is 2. The van der Waals surface area contributed by atoms with E-state index in [1.807, 2.05) is 24.3 Å². The minimum Gasteiger partial charge on any atom is -0.508 e. The highest BCUT2D eigenvalue weighted by atomic mass is 16.5. The number of aromatic hydroxyl groups is 1. The summed E-state index contributed by atoms with van der Waals surface area (Å²) in [5.74, 6) is 0.264. The topological polar surface area (TPSA) is 102 Å². The van der Waals surface area contributed by atoms with Crippen LogP contribution in [0.15, 0.2) is 61.2 Å². The average Bonchev–Trinajstić information content (AvgIpc) is 3.12. The van der Waals surface area contributed by atoms with Crippen LogP contribution in [0.1, 0.15) is 10.5 Å². The summed E-state index contributed by atoms with van der Waals surface area (Å²) in [6, 6.07) is 13.7. The van der Waals surface area contributed by atoms with E-state index in [1.165, 1.54) is 18.5 Å². The summed E-state index contributed by atoms with van der Waals surface area (Å²) in [5.41, 5.74) is 2.19. The molecule has 4 rings (SSSR count). The number of amides is 1. The van der Waals surface area contributed by atoms with Crippen molar-refractivity contribution in [2.45, 2.75) is 0 Å². The van der Waals surface area contributed by atoms with Crippen molar-refractivity contribution < 1.29 is 14.6 Å². The van der Waals surface area contributed by atoms with Gasteiger partial charge in [0.2, 0.25) is 0 Å². The van der Waals surface area contributed by atoms with Crippen molar-refractivity contribution in [3.63, 3.8) is 0 Å². The van der Waals surface area contributed by atoms with Gasteiger partial charge in [-0.05, 0) is 24.3 Å². The molecule has 0 unspecified atom stereocenters. The lowest BCUT2D eigenvalue weighted by Crippen LogP contribution is -2.14. The number of ether oxygens (including phenoxy) is 1. The van der Waals surface area contributed by atoms with Crippen molar-refractivity contribution in [1.82, 2.24) is 19.5 Å². The molecule has 0 atom stereocenters. The Morgan fingerprint density at radius 2 is 1.96 bits per heavy atom. The van der Waals surface area contributed by atoms with Crippen molar-refractivity contribution in [1.29, 1.82) is 0 Å². The molecule has 0 spiro atoms. The number of phenols is 1. The fraction of sp³-hybridized carbons (Fsp3) is 0.0526. The number of hydrogen-bond acceptors (Lipinski definition) is 6. The first-order valence-electron chi connectivity index (χ1n) is 8.09. The van der Waals surface area contributed by atoms with E-state index in [-0.39, 0.29) is 11.4 Å². The molecule has 0 radical (unpaired) electrons. The lowest BCUT2D eigenvalue weighted by Gasteiger charge is -2.09. The van der Waals surface area contributed by atoms with Crippen LogP contribution in [-0.4, -0.2) is 37.6 Å². The fourth-order valence-corrected chi connectivity index (χ4v) is 2.78. The Balaban J connectivity index is 1.75. The third-order valence-corrected chi connectivity index (χ3v) is 4.00. The van der Waals surface area contributed by atoms with Crippen LogP contribution in [-0.2, 0) is 0 Å². The molecule has 1 amide bonds. The quantitative estimate of drug-likeness (QED) is 0.579. The smallest absolute Gasteiger partial charge is 0.276 e. The maximum absolute atomic E-state index is 12.7. The number of benzene rings is 2. The highest BCUT2D eigenvalue weighted by Gasteiger charge is 2.18. The van der Waals surface area contributed by atoms with Gasteiger partial charge in [-0.3, -0.25) is 9.36 Å². The molecular weight excluding hydrogens is 346 g/mol. The van der Waals surface area contributed by atoms with Crippen LogP contribution in [0.3, 0.4) is 0 Å². The Kier molecular flexibility index (Phi) is 4.13. The normalized spacial score (nSPS) is 10.7. The van der Waals surface area contributed by atoms with Gasteiger partial charge in [0.15, 0.2) is 11.3 Å². The molecule has 27 heavy (non-hydrogen) atoms. The van der Waals surface area contributed by atoms with E-state index < -0.39 is 5.91 Å². The lowest BCUT2D eigenvalue weighted by atomic mass is 10.2. The third kappa shape index (κ3) is 3.04. The molecule has 0 bridgehead atoms. The van der Waals surface area contributed by atoms with E-state index in [9.17, 15) is 9.90 Å². The number of anilines is 1. The van der Waals surface area contributed by atoms with E-state index in [1.54, 1.807) is 30.1 Å². The summed E-state index contributed by atoms with van der Waals surface area (Å²) in [5, 5.41) is 12.2. The number of imidazole rings is 1. The monoisotopic (exact) mass is 361 g/mol. The van der Waals surface area contributed by atoms with Gasteiger partial charge >= 0.3 is 0 Å². The van der Waals surface area contributed by atoms with Gasteiger partial charge in [0, 0.05) is 11.8 Å². The van der Waals surface area contributed by atoms with Crippen molar-refractivity contribution in [2.24, 2.45) is 0 Å². The van der Waals surface area contributed by atoms with Crippen LogP contribution in [0.25, 0.3) is 16.9 Å². The molecule has 8 nitrogen and oxygen atoms in total. The standard InChI is InChI=1S/C19H15N5O3/c1-27-15-8-3-2-7-14(15)24-11-22-16-17(20-10-21-18(16)24)19(26)23-12-5-4-6-13(25)9-12/h2-11,25H,1H3,(H,23,26). The number of methoxy groups -OCH3 is 1. The number of para-hydroxylation sites is 2. The van der Waals surface area contributed by atoms with Crippen LogP contribution in [0, 0.1) is 0 Å². The molecule has 2 heterocycles. The van der Waals surface area contributed by atoms with Crippen molar-refractivity contribution >= 4 is 22.8 Å².